The number of hydroxylamine groups is 1. The van der Waals surface area contributed by atoms with Crippen LogP contribution in [0, 0.1) is 10.1 Å². The third kappa shape index (κ3) is 2.40. The summed E-state index contributed by atoms with van der Waals surface area (Å²) in [6, 6.07) is 12.7. The number of nitroso groups, excluding NO2 is 1. The van der Waals surface area contributed by atoms with E-state index in [-0.39, 0.29) is 0 Å². The van der Waals surface area contributed by atoms with Gasteiger partial charge in [0.25, 0.3) is 11.4 Å². The van der Waals surface area contributed by atoms with Gasteiger partial charge in [0.1, 0.15) is 5.69 Å². The summed E-state index contributed by atoms with van der Waals surface area (Å²) in [5, 5.41) is 13.7. The number of hydrogen-bond donors (Lipinski definition) is 0. The van der Waals surface area contributed by atoms with E-state index < -0.39 is 5.66 Å². The standard InChI is InChI=1S/C17H15ClN2O2/c1-17(2)19(21)15-10-7-13(11-16(15)20(17)22)4-3-12-5-8-14(18)9-6-12/h3-11H,1-2H3/b4-3+. The summed E-state index contributed by atoms with van der Waals surface area (Å²) in [4.78, 5) is 12.1. The SMILES string of the molecule is CC1(C)N([O-])c2cc(/C=C/c3ccc(Cl)cc3)ccc2[N+]1=O. The van der Waals surface area contributed by atoms with Gasteiger partial charge in [-0.15, -0.1) is 0 Å². The van der Waals surface area contributed by atoms with Gasteiger partial charge in [-0.05, 0) is 35.4 Å². The zero-order valence-corrected chi connectivity index (χ0v) is 13.0. The van der Waals surface area contributed by atoms with Gasteiger partial charge in [-0.25, -0.2) is 0 Å². The molecule has 0 aromatic heterocycles. The Morgan fingerprint density at radius 1 is 1.09 bits per heavy atom. The van der Waals surface area contributed by atoms with Gasteiger partial charge in [0.15, 0.2) is 0 Å². The van der Waals surface area contributed by atoms with E-state index >= 15 is 0 Å². The average Bonchev–Trinajstić information content (AvgIpc) is 2.68. The molecule has 0 amide bonds. The van der Waals surface area contributed by atoms with E-state index in [1.165, 1.54) is 0 Å². The fourth-order valence-corrected chi connectivity index (χ4v) is 2.54. The first-order valence-electron chi connectivity index (χ1n) is 6.92. The summed E-state index contributed by atoms with van der Waals surface area (Å²) in [6.45, 7) is 3.21. The number of rotatable bonds is 2. The molecule has 2 aromatic rings. The monoisotopic (exact) mass is 314 g/mol. The molecule has 0 fully saturated rings. The maximum Gasteiger partial charge on any atom is 0.281 e. The Morgan fingerprint density at radius 2 is 1.68 bits per heavy atom. The number of halogens is 1. The molecule has 0 bridgehead atoms. The highest BCUT2D eigenvalue weighted by Crippen LogP contribution is 2.43. The Balaban J connectivity index is 1.91. The molecule has 1 heterocycles. The van der Waals surface area contributed by atoms with E-state index in [1.54, 1.807) is 26.0 Å². The predicted octanol–water partition coefficient (Wildman–Crippen LogP) is 4.97. The number of nitrogens with zero attached hydrogens (tertiary/aromatic N) is 2. The fourth-order valence-electron chi connectivity index (χ4n) is 2.42. The van der Waals surface area contributed by atoms with Crippen molar-refractivity contribution in [3.05, 3.63) is 68.7 Å². The second-order valence-corrected chi connectivity index (χ2v) is 6.15. The molecular weight excluding hydrogens is 300 g/mol. The van der Waals surface area contributed by atoms with Gasteiger partial charge in [0, 0.05) is 29.8 Å². The summed E-state index contributed by atoms with van der Waals surface area (Å²) in [6.07, 6.45) is 3.83. The van der Waals surface area contributed by atoms with E-state index in [1.807, 2.05) is 42.5 Å². The van der Waals surface area contributed by atoms with Gasteiger partial charge < -0.3 is 10.3 Å². The Morgan fingerprint density at radius 3 is 2.36 bits per heavy atom. The lowest BCUT2D eigenvalue weighted by Crippen LogP contribution is -2.41. The summed E-state index contributed by atoms with van der Waals surface area (Å²) >= 11 is 5.85. The maximum atomic E-state index is 12.2. The van der Waals surface area contributed by atoms with E-state index in [0.717, 1.165) is 21.0 Å². The van der Waals surface area contributed by atoms with Crippen molar-refractivity contribution in [1.82, 2.24) is 0 Å². The molecule has 0 atom stereocenters. The van der Waals surface area contributed by atoms with Crippen molar-refractivity contribution < 1.29 is 4.76 Å². The third-order valence-electron chi connectivity index (χ3n) is 3.77. The molecule has 1 aliphatic rings. The van der Waals surface area contributed by atoms with Crippen LogP contribution in [0.25, 0.3) is 12.2 Å². The van der Waals surface area contributed by atoms with Crippen LogP contribution in [-0.4, -0.2) is 10.4 Å². The maximum absolute atomic E-state index is 12.2. The minimum absolute atomic E-state index is 0.401. The van der Waals surface area contributed by atoms with Crippen molar-refractivity contribution in [3.8, 4) is 0 Å². The molecule has 0 spiro atoms. The van der Waals surface area contributed by atoms with Crippen LogP contribution in [0.3, 0.4) is 0 Å². The van der Waals surface area contributed by atoms with Crippen LogP contribution < -0.4 is 5.06 Å². The molecule has 2 aromatic carbocycles. The zero-order valence-electron chi connectivity index (χ0n) is 12.3. The summed E-state index contributed by atoms with van der Waals surface area (Å²) in [5.41, 5.74) is 1.57. The van der Waals surface area contributed by atoms with Crippen LogP contribution in [-0.2, 0) is 0 Å². The first kappa shape index (κ1) is 14.8. The first-order chi connectivity index (χ1) is 10.4. The minimum atomic E-state index is -1.11. The van der Waals surface area contributed by atoms with Crippen LogP contribution in [0.2, 0.25) is 5.02 Å². The molecule has 1 aliphatic heterocycles. The molecule has 112 valence electrons. The third-order valence-corrected chi connectivity index (χ3v) is 4.02. The Hall–Kier alpha value is -2.17. The van der Waals surface area contributed by atoms with E-state index in [4.69, 9.17) is 11.6 Å². The van der Waals surface area contributed by atoms with Gasteiger partial charge in [0.2, 0.25) is 0 Å². The van der Waals surface area contributed by atoms with Gasteiger partial charge in [-0.3, -0.25) is 0 Å². The summed E-state index contributed by atoms with van der Waals surface area (Å²) < 4.78 is 0.752. The molecule has 0 radical (unpaired) electrons. The van der Waals surface area contributed by atoms with E-state index in [0.29, 0.717) is 16.4 Å². The lowest BCUT2D eigenvalue weighted by molar-refractivity contribution is -0.532. The molecule has 0 aliphatic carbocycles. The van der Waals surface area contributed by atoms with Crippen LogP contribution in [0.1, 0.15) is 25.0 Å². The van der Waals surface area contributed by atoms with E-state index in [9.17, 15) is 10.1 Å². The number of anilines is 1. The zero-order chi connectivity index (χ0) is 15.9. The van der Waals surface area contributed by atoms with Gasteiger partial charge in [-0.2, -0.15) is 0 Å². The smallest absolute Gasteiger partial charge is 0.281 e. The van der Waals surface area contributed by atoms with Crippen molar-refractivity contribution in [2.45, 2.75) is 19.5 Å². The molecular formula is C17H15ClN2O2. The van der Waals surface area contributed by atoms with Crippen molar-refractivity contribution in [1.29, 1.82) is 0 Å². The number of benzene rings is 2. The Labute approximate surface area is 133 Å². The normalized spacial score (nSPS) is 16.4. The van der Waals surface area contributed by atoms with Crippen molar-refractivity contribution in [2.75, 3.05) is 5.06 Å². The second-order valence-electron chi connectivity index (χ2n) is 5.72. The molecule has 4 nitrogen and oxygen atoms in total. The molecule has 22 heavy (non-hydrogen) atoms. The Bertz CT molecular complexity index is 767. The van der Waals surface area contributed by atoms with Crippen LogP contribution in [0.5, 0.6) is 0 Å². The molecule has 0 unspecified atom stereocenters. The second kappa shape index (κ2) is 5.23. The minimum Gasteiger partial charge on any atom is -0.753 e. The van der Waals surface area contributed by atoms with Gasteiger partial charge in [0.05, 0.1) is 4.76 Å². The van der Waals surface area contributed by atoms with Gasteiger partial charge >= 0.3 is 0 Å². The van der Waals surface area contributed by atoms with Crippen molar-refractivity contribution >= 4 is 35.1 Å². The summed E-state index contributed by atoms with van der Waals surface area (Å²) in [7, 11) is 0. The topological polar surface area (TPSA) is 46.4 Å². The highest BCUT2D eigenvalue weighted by atomic mass is 35.5. The Kier molecular flexibility index (Phi) is 3.51. The van der Waals surface area contributed by atoms with Crippen LogP contribution in [0.15, 0.2) is 42.5 Å². The quantitative estimate of drug-likeness (QED) is 0.580. The lowest BCUT2D eigenvalue weighted by Gasteiger charge is -2.30. The molecule has 0 N–H and O–H groups in total. The fraction of sp³-hybridized carbons (Fsp3) is 0.176. The lowest BCUT2D eigenvalue weighted by atomic mass is 10.1. The molecule has 3 rings (SSSR count). The van der Waals surface area contributed by atoms with E-state index in [2.05, 4.69) is 0 Å². The number of fused-ring (bicyclic) bond motifs is 1. The van der Waals surface area contributed by atoms with Crippen molar-refractivity contribution in [3.63, 3.8) is 0 Å². The molecule has 0 saturated heterocycles. The first-order valence-corrected chi connectivity index (χ1v) is 7.30. The van der Waals surface area contributed by atoms with Crippen LogP contribution >= 0.6 is 11.6 Å². The van der Waals surface area contributed by atoms with Gasteiger partial charge in [-0.1, -0.05) is 35.9 Å². The van der Waals surface area contributed by atoms with Crippen molar-refractivity contribution in [2.24, 2.45) is 0 Å². The highest BCUT2D eigenvalue weighted by Gasteiger charge is 2.47. The van der Waals surface area contributed by atoms with Crippen LogP contribution in [0.4, 0.5) is 11.4 Å². The largest absolute Gasteiger partial charge is 0.753 e. The molecule has 0 saturated carbocycles. The summed E-state index contributed by atoms with van der Waals surface area (Å²) in [5.74, 6) is 0. The number of hydrogen-bond acceptors (Lipinski definition) is 3. The average molecular weight is 315 g/mol. The molecule has 5 heteroatoms. The highest BCUT2D eigenvalue weighted by molar-refractivity contribution is 6.30. The predicted molar refractivity (Wildman–Crippen MR) is 90.0 cm³/mol.